The van der Waals surface area contributed by atoms with Gasteiger partial charge in [0.15, 0.2) is 0 Å². The fraction of sp³-hybridized carbons (Fsp3) is 0.250. The fourth-order valence-electron chi connectivity index (χ4n) is 0.879. The molecule has 3 nitrogen and oxygen atoms in total. The van der Waals surface area contributed by atoms with Crippen LogP contribution >= 0.6 is 0 Å². The number of halogens is 3. The van der Waals surface area contributed by atoms with Crippen LogP contribution in [0.4, 0.5) is 13.2 Å². The van der Waals surface area contributed by atoms with Crippen LogP contribution in [0.25, 0.3) is 0 Å². The lowest BCUT2D eigenvalue weighted by atomic mass is 10.2. The summed E-state index contributed by atoms with van der Waals surface area (Å²) in [5, 5.41) is 14.2. The molecule has 0 bridgehead atoms. The van der Waals surface area contributed by atoms with E-state index in [-0.39, 0.29) is 5.75 Å². The van der Waals surface area contributed by atoms with E-state index in [0.717, 1.165) is 6.07 Å². The number of para-hydroxylation sites is 1. The number of alkyl halides is 3. The Kier molecular flexibility index (Phi) is 5.80. The zero-order valence-electron chi connectivity index (χ0n) is 7.95. The first-order valence-corrected chi connectivity index (χ1v) is 3.89. The Morgan fingerprint density at radius 1 is 1.20 bits per heavy atom. The lowest BCUT2D eigenvalue weighted by Crippen LogP contribution is -2.06. The van der Waals surface area contributed by atoms with Crippen molar-refractivity contribution in [2.75, 3.05) is 7.11 Å². The topological polar surface area (TPSA) is 49.7 Å². The Morgan fingerprint density at radius 3 is 2.00 bits per heavy atom. The molecule has 0 saturated carbocycles. The molecule has 7 heteroatoms. The van der Waals surface area contributed by atoms with Crippen molar-refractivity contribution >= 4 is 7.69 Å². The first-order valence-electron chi connectivity index (χ1n) is 3.89. The Labute approximate surface area is 85.4 Å². The minimum absolute atomic E-state index is 0.148. The summed E-state index contributed by atoms with van der Waals surface area (Å²) < 4.78 is 41.0. The van der Waals surface area contributed by atoms with Crippen molar-refractivity contribution in [2.45, 2.75) is 6.18 Å². The molecule has 0 unspecified atom stereocenters. The molecule has 2 N–H and O–H groups in total. The second-order valence-corrected chi connectivity index (χ2v) is 2.34. The van der Waals surface area contributed by atoms with Gasteiger partial charge in [-0.05, 0) is 12.1 Å². The quantitative estimate of drug-likeness (QED) is 0.695. The fourth-order valence-corrected chi connectivity index (χ4v) is 0.879. The minimum Gasteiger partial charge on any atom is -0.496 e. The van der Waals surface area contributed by atoms with E-state index in [1.165, 1.54) is 25.3 Å². The van der Waals surface area contributed by atoms with E-state index in [9.17, 15) is 13.2 Å². The highest BCUT2D eigenvalue weighted by Gasteiger charge is 2.33. The van der Waals surface area contributed by atoms with Gasteiger partial charge < -0.3 is 14.8 Å². The molecule has 0 saturated heterocycles. The van der Waals surface area contributed by atoms with Crippen LogP contribution in [0, 0.1) is 0 Å². The lowest BCUT2D eigenvalue weighted by Gasteiger charge is -2.10. The van der Waals surface area contributed by atoms with Crippen molar-refractivity contribution in [2.24, 2.45) is 0 Å². The van der Waals surface area contributed by atoms with E-state index in [1.54, 1.807) is 0 Å². The van der Waals surface area contributed by atoms with Crippen molar-refractivity contribution in [1.82, 2.24) is 0 Å². The Balaban J connectivity index is 0.000000583. The summed E-state index contributed by atoms with van der Waals surface area (Å²) in [7, 11) is 0.463. The van der Waals surface area contributed by atoms with Gasteiger partial charge in [0.05, 0.1) is 12.7 Å². The van der Waals surface area contributed by atoms with Crippen molar-refractivity contribution in [1.29, 1.82) is 0 Å². The smallest absolute Gasteiger partial charge is 0.432 e. The third-order valence-corrected chi connectivity index (χ3v) is 1.41. The van der Waals surface area contributed by atoms with E-state index in [1.807, 2.05) is 0 Å². The van der Waals surface area contributed by atoms with E-state index in [2.05, 4.69) is 4.74 Å². The van der Waals surface area contributed by atoms with Gasteiger partial charge in [-0.15, -0.1) is 0 Å². The van der Waals surface area contributed by atoms with Crippen LogP contribution in [0.3, 0.4) is 0 Å². The molecule has 1 aromatic carbocycles. The number of hydrogen-bond acceptors (Lipinski definition) is 3. The summed E-state index contributed by atoms with van der Waals surface area (Å²) in [6.07, 6.45) is -4.34. The van der Waals surface area contributed by atoms with Gasteiger partial charge in [-0.1, -0.05) is 12.1 Å². The third kappa shape index (κ3) is 4.71. The molecular formula is C8H10BF3O3. The van der Waals surface area contributed by atoms with Crippen molar-refractivity contribution in [3.8, 4) is 5.75 Å². The van der Waals surface area contributed by atoms with Crippen LogP contribution in [0.5, 0.6) is 5.75 Å². The summed E-state index contributed by atoms with van der Waals surface area (Å²) in [5.74, 6) is -0.148. The number of rotatable bonds is 1. The standard InChI is InChI=1S/C8H7F3O.BH3O2/c1-12-7-5-3-2-4-6(7)8(9,10)11;2-1-3/h2-5H,1H3;1-3H. The van der Waals surface area contributed by atoms with Crippen LogP contribution in [0.2, 0.25) is 0 Å². The van der Waals surface area contributed by atoms with Gasteiger partial charge in [0.25, 0.3) is 0 Å². The largest absolute Gasteiger partial charge is 0.496 e. The summed E-state index contributed by atoms with van der Waals surface area (Å²) in [6, 6.07) is 5.08. The molecule has 0 atom stereocenters. The molecule has 0 aromatic heterocycles. The molecule has 0 aliphatic rings. The minimum atomic E-state index is -4.34. The highest BCUT2D eigenvalue weighted by atomic mass is 19.4. The lowest BCUT2D eigenvalue weighted by molar-refractivity contribution is -0.138. The molecule has 0 aliphatic heterocycles. The zero-order chi connectivity index (χ0) is 11.9. The van der Waals surface area contributed by atoms with Crippen LogP contribution in [0.15, 0.2) is 24.3 Å². The molecule has 1 rings (SSSR count). The predicted molar refractivity (Wildman–Crippen MR) is 49.6 cm³/mol. The van der Waals surface area contributed by atoms with Crippen LogP contribution in [-0.2, 0) is 6.18 Å². The molecule has 15 heavy (non-hydrogen) atoms. The summed E-state index contributed by atoms with van der Waals surface area (Å²) in [4.78, 5) is 0. The van der Waals surface area contributed by atoms with Gasteiger partial charge in [0, 0.05) is 0 Å². The van der Waals surface area contributed by atoms with Crippen molar-refractivity contribution in [3.63, 3.8) is 0 Å². The first kappa shape index (κ1) is 13.8. The zero-order valence-corrected chi connectivity index (χ0v) is 7.95. The molecular weight excluding hydrogens is 212 g/mol. The number of hydrogen-bond donors (Lipinski definition) is 2. The highest BCUT2D eigenvalue weighted by Crippen LogP contribution is 2.35. The third-order valence-electron chi connectivity index (χ3n) is 1.41. The van der Waals surface area contributed by atoms with Gasteiger partial charge in [0.2, 0.25) is 0 Å². The molecule has 0 radical (unpaired) electrons. The van der Waals surface area contributed by atoms with E-state index < -0.39 is 19.4 Å². The molecule has 84 valence electrons. The normalized spacial score (nSPS) is 10.0. The SMILES string of the molecule is COc1ccccc1C(F)(F)F.OBO. The summed E-state index contributed by atoms with van der Waals surface area (Å²) in [6.45, 7) is 0. The van der Waals surface area contributed by atoms with E-state index in [4.69, 9.17) is 10.0 Å². The second kappa shape index (κ2) is 6.31. The summed E-state index contributed by atoms with van der Waals surface area (Å²) in [5.41, 5.74) is -0.743. The maximum Gasteiger partial charge on any atom is 0.432 e. The van der Waals surface area contributed by atoms with Crippen LogP contribution < -0.4 is 4.74 Å². The van der Waals surface area contributed by atoms with Crippen molar-refractivity contribution < 1.29 is 28.0 Å². The maximum absolute atomic E-state index is 12.2. The number of methoxy groups -OCH3 is 1. The Morgan fingerprint density at radius 2 is 1.67 bits per heavy atom. The molecule has 0 fully saturated rings. The number of ether oxygens (including phenoxy) is 1. The monoisotopic (exact) mass is 222 g/mol. The molecule has 0 amide bonds. The van der Waals surface area contributed by atoms with E-state index in [0.29, 0.717) is 0 Å². The average Bonchev–Trinajstić information content (AvgIpc) is 2.18. The predicted octanol–water partition coefficient (Wildman–Crippen LogP) is 0.951. The van der Waals surface area contributed by atoms with Crippen LogP contribution in [-0.4, -0.2) is 24.8 Å². The average molecular weight is 222 g/mol. The molecule has 0 aliphatic carbocycles. The van der Waals surface area contributed by atoms with E-state index >= 15 is 0 Å². The van der Waals surface area contributed by atoms with Gasteiger partial charge in [0.1, 0.15) is 5.75 Å². The highest BCUT2D eigenvalue weighted by molar-refractivity contribution is 6.13. The van der Waals surface area contributed by atoms with Gasteiger partial charge >= 0.3 is 13.9 Å². The molecule has 1 aromatic rings. The van der Waals surface area contributed by atoms with Gasteiger partial charge in [-0.25, -0.2) is 0 Å². The van der Waals surface area contributed by atoms with Gasteiger partial charge in [-0.3, -0.25) is 0 Å². The number of benzene rings is 1. The molecule has 0 spiro atoms. The Bertz CT molecular complexity index is 291. The summed E-state index contributed by atoms with van der Waals surface area (Å²) >= 11 is 0. The first-order chi connectivity index (χ1) is 6.97. The Hall–Kier alpha value is -1.21. The van der Waals surface area contributed by atoms with Crippen molar-refractivity contribution in [3.05, 3.63) is 29.8 Å². The maximum atomic E-state index is 12.2. The van der Waals surface area contributed by atoms with Crippen LogP contribution in [0.1, 0.15) is 5.56 Å². The molecule has 0 heterocycles. The second-order valence-electron chi connectivity index (χ2n) is 2.34. The van der Waals surface area contributed by atoms with Gasteiger partial charge in [-0.2, -0.15) is 13.2 Å².